The molecule has 50 heavy (non-hydrogen) atoms. The van der Waals surface area contributed by atoms with Crippen LogP contribution in [0.4, 0.5) is 14.5 Å². The van der Waals surface area contributed by atoms with Crippen LogP contribution in [0.3, 0.4) is 0 Å². The average molecular weight is 685 g/mol. The summed E-state index contributed by atoms with van der Waals surface area (Å²) in [5, 5.41) is 3.18. The Labute approximate surface area is 285 Å². The van der Waals surface area contributed by atoms with Crippen molar-refractivity contribution in [3.05, 3.63) is 106 Å². The van der Waals surface area contributed by atoms with Gasteiger partial charge in [0.2, 0.25) is 0 Å². The second-order valence-corrected chi connectivity index (χ2v) is 11.8. The van der Waals surface area contributed by atoms with E-state index < -0.39 is 23.1 Å². The third-order valence-electron chi connectivity index (χ3n) is 8.56. The van der Waals surface area contributed by atoms with Gasteiger partial charge in [0, 0.05) is 72.9 Å². The van der Waals surface area contributed by atoms with Crippen LogP contribution in [0.2, 0.25) is 0 Å². The van der Waals surface area contributed by atoms with Crippen molar-refractivity contribution >= 4 is 22.5 Å². The number of carbonyl (C=O) groups is 1. The first-order valence-electron chi connectivity index (χ1n) is 16.2. The van der Waals surface area contributed by atoms with Gasteiger partial charge in [-0.15, -0.1) is 0 Å². The number of carbonyl (C=O) groups excluding carboxylic acids is 1. The summed E-state index contributed by atoms with van der Waals surface area (Å²) in [6, 6.07) is 14.4. The molecule has 5 aromatic rings. The van der Waals surface area contributed by atoms with E-state index in [1.54, 1.807) is 37.7 Å². The van der Waals surface area contributed by atoms with Gasteiger partial charge in [0.25, 0.3) is 11.5 Å². The Balaban J connectivity index is 1.07. The molecule has 2 aliphatic rings. The summed E-state index contributed by atoms with van der Waals surface area (Å²) in [7, 11) is 1.54. The summed E-state index contributed by atoms with van der Waals surface area (Å²) < 4.78 is 58.9. The summed E-state index contributed by atoms with van der Waals surface area (Å²) in [5.41, 5.74) is 0.814. The summed E-state index contributed by atoms with van der Waals surface area (Å²) in [5.74, 6) is -0.552. The first-order valence-corrected chi connectivity index (χ1v) is 16.2. The minimum Gasteiger partial charge on any atom is -0.493 e. The molecule has 0 saturated carbocycles. The number of aromatic nitrogens is 2. The number of methoxy groups -OCH3 is 1. The molecule has 1 N–H and O–H groups in total. The first-order chi connectivity index (χ1) is 24.4. The maximum absolute atomic E-state index is 15.5. The van der Waals surface area contributed by atoms with Crippen LogP contribution in [-0.4, -0.2) is 73.5 Å². The fraction of sp³-hybridized carbons (Fsp3) is 0.270. The Kier molecular flexibility index (Phi) is 9.58. The van der Waals surface area contributed by atoms with Gasteiger partial charge in [-0.3, -0.25) is 24.0 Å². The van der Waals surface area contributed by atoms with Gasteiger partial charge in [-0.1, -0.05) is 0 Å². The second-order valence-electron chi connectivity index (χ2n) is 11.8. The lowest BCUT2D eigenvalue weighted by atomic mass is 10.1. The van der Waals surface area contributed by atoms with Crippen LogP contribution in [0.25, 0.3) is 16.6 Å². The van der Waals surface area contributed by atoms with Crippen molar-refractivity contribution in [1.29, 1.82) is 0 Å². The van der Waals surface area contributed by atoms with Crippen molar-refractivity contribution in [1.82, 2.24) is 14.5 Å². The number of nitrogens with one attached hydrogen (secondary N) is 1. The van der Waals surface area contributed by atoms with Crippen molar-refractivity contribution in [3.8, 4) is 34.4 Å². The molecule has 11 nitrogen and oxygen atoms in total. The molecule has 0 bridgehead atoms. The standard InChI is InChI=1S/C37H34F2N4O7/c1-46-32-20-27-29(21-33(32)48-15-2-12-42-13-17-47-18-14-42)40-11-9-30(27)50-31-8-5-25(19-28(31)39)41-36(44)34-35-23(10-16-49-35)22-43(37(34)45)26-6-3-24(38)4-7-26/h3-9,11,19-22H,2,10,12-18H2,1H3,(H,41,44). The monoisotopic (exact) mass is 684 g/mol. The molecule has 0 radical (unpaired) electrons. The zero-order chi connectivity index (χ0) is 34.6. The topological polar surface area (TPSA) is 113 Å². The number of anilines is 1. The van der Waals surface area contributed by atoms with E-state index in [2.05, 4.69) is 15.2 Å². The van der Waals surface area contributed by atoms with E-state index in [1.165, 1.54) is 41.0 Å². The number of fused-ring (bicyclic) bond motifs is 2. The first kappa shape index (κ1) is 33.0. The third kappa shape index (κ3) is 6.96. The summed E-state index contributed by atoms with van der Waals surface area (Å²) in [6.07, 6.45) is 4.46. The maximum Gasteiger partial charge on any atom is 0.271 e. The molecule has 2 aromatic heterocycles. The Morgan fingerprint density at radius 1 is 0.960 bits per heavy atom. The normalized spacial score (nSPS) is 14.2. The molecule has 0 spiro atoms. The predicted molar refractivity (Wildman–Crippen MR) is 181 cm³/mol. The number of hydrogen-bond donors (Lipinski definition) is 1. The highest BCUT2D eigenvalue weighted by molar-refractivity contribution is 6.06. The summed E-state index contributed by atoms with van der Waals surface area (Å²) in [4.78, 5) is 33.7. The zero-order valence-corrected chi connectivity index (χ0v) is 27.2. The van der Waals surface area contributed by atoms with E-state index in [0.29, 0.717) is 59.0 Å². The number of amides is 1. The number of hydrogen-bond acceptors (Lipinski definition) is 9. The number of rotatable bonds is 11. The molecule has 2 aliphatic heterocycles. The van der Waals surface area contributed by atoms with Gasteiger partial charge in [0.05, 0.1) is 39.1 Å². The lowest BCUT2D eigenvalue weighted by Gasteiger charge is -2.26. The van der Waals surface area contributed by atoms with Crippen LogP contribution in [0, 0.1) is 11.6 Å². The largest absolute Gasteiger partial charge is 0.493 e. The van der Waals surface area contributed by atoms with E-state index in [-0.39, 0.29) is 22.7 Å². The zero-order valence-electron chi connectivity index (χ0n) is 27.2. The van der Waals surface area contributed by atoms with Gasteiger partial charge < -0.3 is 29.0 Å². The molecule has 1 saturated heterocycles. The number of pyridine rings is 2. The molecule has 0 unspecified atom stereocenters. The Bertz CT molecular complexity index is 2100. The van der Waals surface area contributed by atoms with Crippen LogP contribution in [0.15, 0.2) is 77.9 Å². The highest BCUT2D eigenvalue weighted by Crippen LogP contribution is 2.38. The number of halogens is 2. The van der Waals surface area contributed by atoms with Crippen molar-refractivity contribution in [2.24, 2.45) is 0 Å². The molecule has 1 amide bonds. The smallest absolute Gasteiger partial charge is 0.271 e. The van der Waals surface area contributed by atoms with Crippen molar-refractivity contribution in [3.63, 3.8) is 0 Å². The molecule has 0 atom stereocenters. The fourth-order valence-electron chi connectivity index (χ4n) is 6.01. The second kappa shape index (κ2) is 14.5. The predicted octanol–water partition coefficient (Wildman–Crippen LogP) is 5.75. The quantitative estimate of drug-likeness (QED) is 0.174. The van der Waals surface area contributed by atoms with E-state index in [4.69, 9.17) is 23.7 Å². The van der Waals surface area contributed by atoms with Crippen molar-refractivity contribution in [2.75, 3.05) is 58.5 Å². The molecular formula is C37H34F2N4O7. The van der Waals surface area contributed by atoms with Crippen LogP contribution in [-0.2, 0) is 11.2 Å². The lowest BCUT2D eigenvalue weighted by molar-refractivity contribution is 0.0357. The average Bonchev–Trinajstić information content (AvgIpc) is 3.59. The molecule has 258 valence electrons. The van der Waals surface area contributed by atoms with E-state index in [0.717, 1.165) is 45.3 Å². The van der Waals surface area contributed by atoms with Gasteiger partial charge in [-0.2, -0.15) is 0 Å². The van der Waals surface area contributed by atoms with Gasteiger partial charge in [0.1, 0.15) is 22.9 Å². The maximum atomic E-state index is 15.5. The third-order valence-corrected chi connectivity index (χ3v) is 8.56. The molecule has 4 heterocycles. The van der Waals surface area contributed by atoms with E-state index in [1.807, 2.05) is 0 Å². The summed E-state index contributed by atoms with van der Waals surface area (Å²) in [6.45, 7) is 5.01. The van der Waals surface area contributed by atoms with Crippen LogP contribution < -0.4 is 29.8 Å². The minimum atomic E-state index is -0.774. The fourth-order valence-corrected chi connectivity index (χ4v) is 6.01. The molecule has 13 heteroatoms. The SMILES string of the molecule is COc1cc2c(Oc3ccc(NC(=O)c4c5c(cn(-c6ccc(F)cc6)c4=O)CCO5)cc3F)ccnc2cc1OCCCN1CCOCC1. The van der Waals surface area contributed by atoms with Gasteiger partial charge in [-0.25, -0.2) is 8.78 Å². The summed E-state index contributed by atoms with van der Waals surface area (Å²) >= 11 is 0. The highest BCUT2D eigenvalue weighted by atomic mass is 19.1. The molecule has 0 aliphatic carbocycles. The number of ether oxygens (including phenoxy) is 5. The Morgan fingerprint density at radius 3 is 2.56 bits per heavy atom. The van der Waals surface area contributed by atoms with Gasteiger partial charge >= 0.3 is 0 Å². The lowest BCUT2D eigenvalue weighted by Crippen LogP contribution is -2.37. The molecule has 3 aromatic carbocycles. The highest BCUT2D eigenvalue weighted by Gasteiger charge is 2.27. The van der Waals surface area contributed by atoms with E-state index >= 15 is 4.39 Å². The Hall–Kier alpha value is -5.53. The van der Waals surface area contributed by atoms with Crippen molar-refractivity contribution < 1.29 is 37.3 Å². The molecule has 7 rings (SSSR count). The van der Waals surface area contributed by atoms with Gasteiger partial charge in [-0.05, 0) is 55.0 Å². The number of nitrogens with zero attached hydrogens (tertiary/aromatic N) is 3. The van der Waals surface area contributed by atoms with Crippen LogP contribution in [0.5, 0.6) is 28.7 Å². The van der Waals surface area contributed by atoms with Crippen LogP contribution >= 0.6 is 0 Å². The number of benzene rings is 3. The Morgan fingerprint density at radius 2 is 1.78 bits per heavy atom. The van der Waals surface area contributed by atoms with E-state index in [9.17, 15) is 14.0 Å². The van der Waals surface area contributed by atoms with Gasteiger partial charge in [0.15, 0.2) is 23.1 Å². The molecule has 1 fully saturated rings. The number of morpholine rings is 1. The molecular weight excluding hydrogens is 650 g/mol. The van der Waals surface area contributed by atoms with Crippen molar-refractivity contribution in [2.45, 2.75) is 12.8 Å². The van der Waals surface area contributed by atoms with Crippen LogP contribution in [0.1, 0.15) is 22.3 Å². The minimum absolute atomic E-state index is 0.0968.